The summed E-state index contributed by atoms with van der Waals surface area (Å²) in [5.74, 6) is -1.37. The number of hydrogen-bond acceptors (Lipinski definition) is 4. The van der Waals surface area contributed by atoms with Crippen LogP contribution in [0.3, 0.4) is 0 Å². The summed E-state index contributed by atoms with van der Waals surface area (Å²) in [6, 6.07) is 3.36. The first-order chi connectivity index (χ1) is 8.66. The molecule has 1 aliphatic heterocycles. The molecule has 18 heavy (non-hydrogen) atoms. The molecule has 1 aliphatic rings. The van der Waals surface area contributed by atoms with Crippen LogP contribution in [0.1, 0.15) is 10.4 Å². The lowest BCUT2D eigenvalue weighted by molar-refractivity contribution is 0.0734. The zero-order chi connectivity index (χ0) is 13.0. The number of ether oxygens (including phenoxy) is 1. The van der Waals surface area contributed by atoms with Crippen LogP contribution in [-0.2, 0) is 4.74 Å². The van der Waals surface area contributed by atoms with Gasteiger partial charge in [0.2, 0.25) is 0 Å². The minimum Gasteiger partial charge on any atom is -0.507 e. The molecule has 1 amide bonds. The van der Waals surface area contributed by atoms with Gasteiger partial charge in [-0.3, -0.25) is 4.79 Å². The van der Waals surface area contributed by atoms with E-state index in [-0.39, 0.29) is 17.4 Å². The Balaban J connectivity index is 1.90. The van der Waals surface area contributed by atoms with Crippen molar-refractivity contribution < 1.29 is 19.0 Å². The zero-order valence-corrected chi connectivity index (χ0v) is 9.78. The predicted octanol–water partition coefficient (Wildman–Crippen LogP) is 0.249. The van der Waals surface area contributed by atoms with E-state index in [0.29, 0.717) is 19.8 Å². The van der Waals surface area contributed by atoms with Crippen molar-refractivity contribution >= 4 is 5.91 Å². The lowest BCUT2D eigenvalue weighted by Gasteiger charge is -2.23. The van der Waals surface area contributed by atoms with Crippen molar-refractivity contribution in [3.8, 4) is 5.75 Å². The molecular weight excluding hydrogens is 239 g/mol. The van der Waals surface area contributed by atoms with Crippen molar-refractivity contribution in [2.24, 2.45) is 0 Å². The van der Waals surface area contributed by atoms with Crippen molar-refractivity contribution in [3.05, 3.63) is 29.6 Å². The Morgan fingerprint density at radius 3 is 3.11 bits per heavy atom. The Bertz CT molecular complexity index is 433. The van der Waals surface area contributed by atoms with E-state index in [2.05, 4.69) is 10.6 Å². The van der Waals surface area contributed by atoms with Crippen molar-refractivity contribution in [1.29, 1.82) is 0 Å². The quantitative estimate of drug-likeness (QED) is 0.723. The Kier molecular flexibility index (Phi) is 4.11. The average molecular weight is 254 g/mol. The van der Waals surface area contributed by atoms with Crippen LogP contribution in [0.25, 0.3) is 0 Å². The summed E-state index contributed by atoms with van der Waals surface area (Å²) in [5, 5.41) is 15.3. The van der Waals surface area contributed by atoms with Gasteiger partial charge in [-0.1, -0.05) is 0 Å². The van der Waals surface area contributed by atoms with Gasteiger partial charge in [0, 0.05) is 25.2 Å². The molecule has 1 fully saturated rings. The fourth-order valence-corrected chi connectivity index (χ4v) is 1.76. The van der Waals surface area contributed by atoms with Gasteiger partial charge in [-0.2, -0.15) is 0 Å². The standard InChI is InChI=1S/C12H15FN2O3/c13-8-1-2-10(11(16)5-8)12(17)15-6-9-7-18-4-3-14-9/h1-2,5,9,14,16H,3-4,6-7H2,(H,15,17). The molecule has 98 valence electrons. The van der Waals surface area contributed by atoms with Crippen molar-refractivity contribution in [2.75, 3.05) is 26.3 Å². The van der Waals surface area contributed by atoms with E-state index in [1.807, 2.05) is 0 Å². The number of carbonyl (C=O) groups is 1. The number of benzene rings is 1. The molecule has 5 nitrogen and oxygen atoms in total. The molecule has 1 heterocycles. The minimum atomic E-state index is -0.577. The van der Waals surface area contributed by atoms with Gasteiger partial charge >= 0.3 is 0 Å². The Morgan fingerprint density at radius 1 is 1.61 bits per heavy atom. The summed E-state index contributed by atoms with van der Waals surface area (Å²) in [4.78, 5) is 11.8. The third kappa shape index (κ3) is 3.18. The number of aromatic hydroxyl groups is 1. The van der Waals surface area contributed by atoms with E-state index in [1.165, 1.54) is 6.07 Å². The lowest BCUT2D eigenvalue weighted by Crippen LogP contribution is -2.48. The highest BCUT2D eigenvalue weighted by molar-refractivity contribution is 5.96. The first kappa shape index (κ1) is 12.8. The van der Waals surface area contributed by atoms with Gasteiger partial charge in [0.25, 0.3) is 5.91 Å². The number of carbonyl (C=O) groups excluding carboxylic acids is 1. The van der Waals surface area contributed by atoms with Crippen molar-refractivity contribution in [1.82, 2.24) is 10.6 Å². The van der Waals surface area contributed by atoms with Gasteiger partial charge in [0.05, 0.1) is 18.8 Å². The minimum absolute atomic E-state index is 0.0605. The topological polar surface area (TPSA) is 70.6 Å². The first-order valence-electron chi connectivity index (χ1n) is 5.74. The Morgan fingerprint density at radius 2 is 2.44 bits per heavy atom. The van der Waals surface area contributed by atoms with Crippen LogP contribution in [0.15, 0.2) is 18.2 Å². The second-order valence-corrected chi connectivity index (χ2v) is 4.10. The number of phenols is 1. The highest BCUT2D eigenvalue weighted by Gasteiger charge is 2.16. The number of phenolic OH excluding ortho intramolecular Hbond substituents is 1. The molecule has 1 unspecified atom stereocenters. The second kappa shape index (κ2) is 5.79. The van der Waals surface area contributed by atoms with Crippen molar-refractivity contribution in [2.45, 2.75) is 6.04 Å². The van der Waals surface area contributed by atoms with Gasteiger partial charge in [-0.25, -0.2) is 4.39 Å². The molecule has 1 aromatic rings. The number of morpholine rings is 1. The number of amides is 1. The van der Waals surface area contributed by atoms with Gasteiger partial charge in [-0.05, 0) is 12.1 Å². The van der Waals surface area contributed by atoms with Gasteiger partial charge in [-0.15, -0.1) is 0 Å². The van der Waals surface area contributed by atoms with Gasteiger partial charge in [0.1, 0.15) is 11.6 Å². The van der Waals surface area contributed by atoms with E-state index in [4.69, 9.17) is 4.74 Å². The third-order valence-electron chi connectivity index (χ3n) is 2.71. The number of halogens is 1. The average Bonchev–Trinajstić information content (AvgIpc) is 2.37. The van der Waals surface area contributed by atoms with Gasteiger partial charge in [0.15, 0.2) is 0 Å². The van der Waals surface area contributed by atoms with Crippen LogP contribution in [0.4, 0.5) is 4.39 Å². The van der Waals surface area contributed by atoms with E-state index in [1.54, 1.807) is 0 Å². The van der Waals surface area contributed by atoms with Crippen molar-refractivity contribution in [3.63, 3.8) is 0 Å². The molecule has 1 atom stereocenters. The fraction of sp³-hybridized carbons (Fsp3) is 0.417. The molecule has 0 radical (unpaired) electrons. The first-order valence-corrected chi connectivity index (χ1v) is 5.74. The Hall–Kier alpha value is -1.66. The molecule has 1 saturated heterocycles. The molecule has 6 heteroatoms. The van der Waals surface area contributed by atoms with E-state index < -0.39 is 11.7 Å². The zero-order valence-electron chi connectivity index (χ0n) is 9.78. The number of rotatable bonds is 3. The molecular formula is C12H15FN2O3. The molecule has 0 bridgehead atoms. The summed E-state index contributed by atoms with van der Waals surface area (Å²) >= 11 is 0. The molecule has 0 aromatic heterocycles. The summed E-state index contributed by atoms with van der Waals surface area (Å²) < 4.78 is 18.0. The second-order valence-electron chi connectivity index (χ2n) is 4.10. The number of hydrogen-bond donors (Lipinski definition) is 3. The van der Waals surface area contributed by atoms with Crippen LogP contribution < -0.4 is 10.6 Å². The van der Waals surface area contributed by atoms with Crippen LogP contribution >= 0.6 is 0 Å². The lowest BCUT2D eigenvalue weighted by atomic mass is 10.1. The molecule has 0 aliphatic carbocycles. The highest BCUT2D eigenvalue weighted by Crippen LogP contribution is 2.17. The van der Waals surface area contributed by atoms with E-state index in [0.717, 1.165) is 18.7 Å². The highest BCUT2D eigenvalue weighted by atomic mass is 19.1. The smallest absolute Gasteiger partial charge is 0.255 e. The molecule has 1 aromatic carbocycles. The summed E-state index contributed by atoms with van der Waals surface area (Å²) in [5.41, 5.74) is 0.0631. The monoisotopic (exact) mass is 254 g/mol. The van der Waals surface area contributed by atoms with E-state index >= 15 is 0 Å². The predicted molar refractivity (Wildman–Crippen MR) is 63.0 cm³/mol. The number of nitrogens with one attached hydrogen (secondary N) is 2. The SMILES string of the molecule is O=C(NCC1COCCN1)c1ccc(F)cc1O. The van der Waals surface area contributed by atoms with E-state index in [9.17, 15) is 14.3 Å². The third-order valence-corrected chi connectivity index (χ3v) is 2.71. The maximum Gasteiger partial charge on any atom is 0.255 e. The fourth-order valence-electron chi connectivity index (χ4n) is 1.76. The van der Waals surface area contributed by atoms with Crippen LogP contribution in [0.5, 0.6) is 5.75 Å². The van der Waals surface area contributed by atoms with Gasteiger partial charge < -0.3 is 20.5 Å². The molecule has 0 spiro atoms. The molecule has 0 saturated carbocycles. The van der Waals surface area contributed by atoms with Crippen LogP contribution in [0.2, 0.25) is 0 Å². The maximum atomic E-state index is 12.8. The maximum absolute atomic E-state index is 12.8. The molecule has 3 N–H and O–H groups in total. The van der Waals surface area contributed by atoms with Crippen LogP contribution in [-0.4, -0.2) is 43.4 Å². The summed E-state index contributed by atoms with van der Waals surface area (Å²) in [6.45, 7) is 2.36. The molecule has 2 rings (SSSR count). The normalized spacial score (nSPS) is 19.5. The summed E-state index contributed by atoms with van der Waals surface area (Å²) in [7, 11) is 0. The Labute approximate surface area is 104 Å². The summed E-state index contributed by atoms with van der Waals surface area (Å²) in [6.07, 6.45) is 0. The largest absolute Gasteiger partial charge is 0.507 e. The van der Waals surface area contributed by atoms with Crippen LogP contribution in [0, 0.1) is 5.82 Å².